The first-order chi connectivity index (χ1) is 11.5. The van der Waals surface area contributed by atoms with E-state index in [1.54, 1.807) is 18.4 Å². The van der Waals surface area contributed by atoms with Crippen molar-refractivity contribution in [3.63, 3.8) is 0 Å². The van der Waals surface area contributed by atoms with Crippen molar-refractivity contribution in [2.24, 2.45) is 0 Å². The van der Waals surface area contributed by atoms with Gasteiger partial charge in [0.25, 0.3) is 0 Å². The second-order valence-electron chi connectivity index (χ2n) is 5.86. The molecule has 128 valence electrons. The molecule has 0 saturated carbocycles. The van der Waals surface area contributed by atoms with Crippen LogP contribution in [0.2, 0.25) is 0 Å². The molecule has 0 spiro atoms. The molecule has 24 heavy (non-hydrogen) atoms. The van der Waals surface area contributed by atoms with Gasteiger partial charge in [0.1, 0.15) is 5.82 Å². The van der Waals surface area contributed by atoms with Gasteiger partial charge in [-0.3, -0.25) is 4.79 Å². The van der Waals surface area contributed by atoms with Crippen molar-refractivity contribution in [3.05, 3.63) is 28.6 Å². The van der Waals surface area contributed by atoms with E-state index in [4.69, 9.17) is 9.47 Å². The molecule has 1 atom stereocenters. The van der Waals surface area contributed by atoms with Crippen molar-refractivity contribution in [1.29, 1.82) is 0 Å². The van der Waals surface area contributed by atoms with Gasteiger partial charge < -0.3 is 20.1 Å². The van der Waals surface area contributed by atoms with Crippen LogP contribution in [0, 0.1) is 0 Å². The van der Waals surface area contributed by atoms with Gasteiger partial charge >= 0.3 is 0 Å². The molecule has 1 aliphatic rings. The monoisotopic (exact) mass is 347 g/mol. The van der Waals surface area contributed by atoms with E-state index >= 15 is 0 Å². The van der Waals surface area contributed by atoms with E-state index in [1.165, 1.54) is 0 Å². The molecule has 1 aliphatic heterocycles. The molecular formula is C17H21N3O3S. The van der Waals surface area contributed by atoms with Gasteiger partial charge in [-0.1, -0.05) is 17.4 Å². The van der Waals surface area contributed by atoms with Crippen molar-refractivity contribution in [2.45, 2.75) is 32.3 Å². The highest BCUT2D eigenvalue weighted by atomic mass is 32.1. The van der Waals surface area contributed by atoms with Crippen molar-refractivity contribution in [1.82, 2.24) is 4.98 Å². The van der Waals surface area contributed by atoms with Crippen molar-refractivity contribution in [3.8, 4) is 11.5 Å². The fraction of sp³-hybridized carbons (Fsp3) is 0.412. The largest absolute Gasteiger partial charge is 0.493 e. The lowest BCUT2D eigenvalue weighted by Gasteiger charge is -2.23. The summed E-state index contributed by atoms with van der Waals surface area (Å²) in [5.41, 5.74) is 1.02. The summed E-state index contributed by atoms with van der Waals surface area (Å²) in [6, 6.07) is 5.84. The number of aromatic nitrogens is 1. The Morgan fingerprint density at radius 3 is 2.83 bits per heavy atom. The Morgan fingerprint density at radius 2 is 2.17 bits per heavy atom. The smallest absolute Gasteiger partial charge is 0.226 e. The fourth-order valence-corrected chi connectivity index (χ4v) is 3.75. The summed E-state index contributed by atoms with van der Waals surface area (Å²) in [5.74, 6) is 1.97. The zero-order valence-electron chi connectivity index (χ0n) is 14.2. The van der Waals surface area contributed by atoms with Gasteiger partial charge in [0.15, 0.2) is 16.6 Å². The van der Waals surface area contributed by atoms with Gasteiger partial charge in [-0.05, 0) is 31.5 Å². The summed E-state index contributed by atoms with van der Waals surface area (Å²) < 4.78 is 11.2. The Kier molecular flexibility index (Phi) is 4.62. The quantitative estimate of drug-likeness (QED) is 0.867. The number of amides is 1. The van der Waals surface area contributed by atoms with Crippen molar-refractivity contribution < 1.29 is 14.3 Å². The van der Waals surface area contributed by atoms with Crippen LogP contribution in [0.1, 0.15) is 36.6 Å². The fourth-order valence-electron chi connectivity index (χ4n) is 2.75. The van der Waals surface area contributed by atoms with E-state index in [0.717, 1.165) is 15.6 Å². The third-order valence-electron chi connectivity index (χ3n) is 3.78. The molecule has 2 aromatic rings. The van der Waals surface area contributed by atoms with Crippen LogP contribution in [-0.4, -0.2) is 31.2 Å². The molecule has 2 heterocycles. The first-order valence-electron chi connectivity index (χ1n) is 7.84. The average Bonchev–Trinajstić information content (AvgIpc) is 2.97. The number of carbonyl (C=O) groups excluding carboxylic acids is 1. The lowest BCUT2D eigenvalue weighted by molar-refractivity contribution is -0.116. The second-order valence-corrected chi connectivity index (χ2v) is 6.89. The molecule has 0 fully saturated rings. The number of nitrogens with one attached hydrogen (secondary N) is 2. The number of carbonyl (C=O) groups is 1. The van der Waals surface area contributed by atoms with E-state index in [0.29, 0.717) is 23.7 Å². The van der Waals surface area contributed by atoms with Gasteiger partial charge in [0.05, 0.1) is 18.1 Å². The molecule has 1 aromatic carbocycles. The lowest BCUT2D eigenvalue weighted by Crippen LogP contribution is -2.22. The third kappa shape index (κ3) is 3.17. The number of benzene rings is 1. The minimum atomic E-state index is -0.0321. The van der Waals surface area contributed by atoms with E-state index in [1.807, 2.05) is 39.1 Å². The van der Waals surface area contributed by atoms with Crippen molar-refractivity contribution >= 4 is 28.2 Å². The summed E-state index contributed by atoms with van der Waals surface area (Å²) in [6.45, 7) is 3.95. The first-order valence-corrected chi connectivity index (χ1v) is 8.66. The zero-order chi connectivity index (χ0) is 17.3. The Labute approximate surface area is 145 Å². The normalized spacial score (nSPS) is 16.5. The van der Waals surface area contributed by atoms with Gasteiger partial charge in [0, 0.05) is 19.4 Å². The molecule has 0 bridgehead atoms. The highest BCUT2D eigenvalue weighted by Crippen LogP contribution is 2.43. The number of ether oxygens (including phenoxy) is 2. The van der Waals surface area contributed by atoms with Crippen LogP contribution in [0.3, 0.4) is 0 Å². The summed E-state index contributed by atoms with van der Waals surface area (Å²) in [6.07, 6.45) is 0.461. The van der Waals surface area contributed by atoms with E-state index in [9.17, 15) is 4.79 Å². The average molecular weight is 347 g/mol. The molecule has 0 saturated heterocycles. The highest BCUT2D eigenvalue weighted by Gasteiger charge is 2.30. The third-order valence-corrected chi connectivity index (χ3v) is 4.97. The van der Waals surface area contributed by atoms with Crippen LogP contribution in [0.5, 0.6) is 11.5 Å². The van der Waals surface area contributed by atoms with E-state index in [-0.39, 0.29) is 17.9 Å². The summed E-state index contributed by atoms with van der Waals surface area (Å²) in [5, 5.41) is 6.67. The second kappa shape index (κ2) is 6.68. The molecule has 0 unspecified atom stereocenters. The van der Waals surface area contributed by atoms with Crippen LogP contribution in [0.4, 0.5) is 10.9 Å². The minimum absolute atomic E-state index is 0.0260. The maximum atomic E-state index is 12.1. The number of rotatable bonds is 5. The lowest BCUT2D eigenvalue weighted by atomic mass is 9.91. The molecule has 0 radical (unpaired) electrons. The molecular weight excluding hydrogens is 326 g/mol. The molecule has 1 aromatic heterocycles. The predicted molar refractivity (Wildman–Crippen MR) is 95.5 cm³/mol. The van der Waals surface area contributed by atoms with Gasteiger partial charge in [-0.25, -0.2) is 4.98 Å². The van der Waals surface area contributed by atoms with Crippen LogP contribution < -0.4 is 20.1 Å². The molecule has 7 heteroatoms. The summed E-state index contributed by atoms with van der Waals surface area (Å²) in [7, 11) is 3.44. The predicted octanol–water partition coefficient (Wildman–Crippen LogP) is 3.45. The summed E-state index contributed by atoms with van der Waals surface area (Å²) >= 11 is 1.56. The van der Waals surface area contributed by atoms with Crippen LogP contribution in [-0.2, 0) is 4.79 Å². The number of fused-ring (bicyclic) bond motifs is 1. The number of anilines is 2. The topological polar surface area (TPSA) is 72.5 Å². The van der Waals surface area contributed by atoms with Gasteiger partial charge in [-0.2, -0.15) is 0 Å². The molecule has 2 N–H and O–H groups in total. The van der Waals surface area contributed by atoms with Crippen LogP contribution >= 0.6 is 11.3 Å². The number of nitrogens with zero attached hydrogens (tertiary/aromatic N) is 1. The molecule has 1 amide bonds. The van der Waals surface area contributed by atoms with Crippen molar-refractivity contribution in [2.75, 3.05) is 24.8 Å². The van der Waals surface area contributed by atoms with Crippen LogP contribution in [0.25, 0.3) is 0 Å². The number of hydrogen-bond donors (Lipinski definition) is 2. The van der Waals surface area contributed by atoms with Gasteiger partial charge in [0.2, 0.25) is 5.91 Å². The first kappa shape index (κ1) is 16.6. The Hall–Kier alpha value is -2.28. The Bertz CT molecular complexity index is 758. The SMILES string of the molecule is CNc1nc2c(s1)[C@H](c1ccc(OC(C)C)c(OC)c1)CC(=O)N2. The number of methoxy groups -OCH3 is 1. The molecule has 3 rings (SSSR count). The summed E-state index contributed by atoms with van der Waals surface area (Å²) in [4.78, 5) is 17.5. The maximum absolute atomic E-state index is 12.1. The number of thiazole rings is 1. The Balaban J connectivity index is 1.99. The minimum Gasteiger partial charge on any atom is -0.493 e. The van der Waals surface area contributed by atoms with E-state index < -0.39 is 0 Å². The van der Waals surface area contributed by atoms with Gasteiger partial charge in [-0.15, -0.1) is 0 Å². The van der Waals surface area contributed by atoms with Crippen LogP contribution in [0.15, 0.2) is 18.2 Å². The molecule has 6 nitrogen and oxygen atoms in total. The maximum Gasteiger partial charge on any atom is 0.226 e. The standard InChI is InChI=1S/C17H21N3O3S/c1-9(2)23-12-6-5-10(7-13(12)22-4)11-8-14(21)19-16-15(11)24-17(18-3)20-16/h5-7,9,11H,8H2,1-4H3,(H,18,20)(H,19,21)/t11-/m0/s1. The van der Waals surface area contributed by atoms with E-state index in [2.05, 4.69) is 15.6 Å². The molecule has 0 aliphatic carbocycles. The highest BCUT2D eigenvalue weighted by molar-refractivity contribution is 7.16. The zero-order valence-corrected chi connectivity index (χ0v) is 15.0. The number of hydrogen-bond acceptors (Lipinski definition) is 6. The Morgan fingerprint density at radius 1 is 1.38 bits per heavy atom.